The molecule has 6 nitrogen and oxygen atoms in total. The third kappa shape index (κ3) is 4.05. The minimum Gasteiger partial charge on any atom is -0.481 e. The molecule has 1 aliphatic rings. The maximum atomic E-state index is 12.2. The molecule has 0 fully saturated rings. The molecule has 0 spiro atoms. The van der Waals surface area contributed by atoms with Crippen LogP contribution in [0.15, 0.2) is 24.3 Å². The Labute approximate surface area is 129 Å². The molecular weight excluding hydrogens is 286 g/mol. The Bertz CT molecular complexity index is 531. The highest BCUT2D eigenvalue weighted by atomic mass is 16.5. The molecule has 0 bridgehead atoms. The van der Waals surface area contributed by atoms with Crippen LogP contribution in [0.5, 0.6) is 0 Å². The molecule has 1 unspecified atom stereocenters. The summed E-state index contributed by atoms with van der Waals surface area (Å²) in [5, 5.41) is 9.38. The van der Waals surface area contributed by atoms with Gasteiger partial charge in [-0.2, -0.15) is 0 Å². The lowest BCUT2D eigenvalue weighted by atomic mass is 9.89. The topological polar surface area (TPSA) is 76.1 Å². The summed E-state index contributed by atoms with van der Waals surface area (Å²) in [5.74, 6) is -1.65. The van der Waals surface area contributed by atoms with Crippen LogP contribution in [0.25, 0.3) is 0 Å². The van der Waals surface area contributed by atoms with Crippen LogP contribution in [0.1, 0.15) is 23.5 Å². The Morgan fingerprint density at radius 2 is 2.05 bits per heavy atom. The fraction of sp³-hybridized carbons (Fsp3) is 0.500. The van der Waals surface area contributed by atoms with Gasteiger partial charge in [-0.3, -0.25) is 9.59 Å². The number of methoxy groups -OCH3 is 1. The maximum absolute atomic E-state index is 12.2. The second-order valence-electron chi connectivity index (χ2n) is 5.22. The van der Waals surface area contributed by atoms with Gasteiger partial charge in [0.15, 0.2) is 0 Å². The van der Waals surface area contributed by atoms with Crippen molar-refractivity contribution >= 4 is 11.9 Å². The van der Waals surface area contributed by atoms with Crippen molar-refractivity contribution in [2.75, 3.05) is 33.5 Å². The van der Waals surface area contributed by atoms with Gasteiger partial charge in [-0.1, -0.05) is 24.3 Å². The predicted molar refractivity (Wildman–Crippen MR) is 79.5 cm³/mol. The molecule has 1 aliphatic heterocycles. The minimum atomic E-state index is -0.902. The van der Waals surface area contributed by atoms with Crippen LogP contribution in [0.4, 0.5) is 0 Å². The summed E-state index contributed by atoms with van der Waals surface area (Å²) < 4.78 is 10.1. The highest BCUT2D eigenvalue weighted by molar-refractivity contribution is 5.81. The fourth-order valence-electron chi connectivity index (χ4n) is 2.57. The molecule has 120 valence electrons. The van der Waals surface area contributed by atoms with E-state index in [1.165, 1.54) is 0 Å². The summed E-state index contributed by atoms with van der Waals surface area (Å²) in [5.41, 5.74) is 1.70. The fourth-order valence-corrected chi connectivity index (χ4v) is 2.57. The first-order valence-electron chi connectivity index (χ1n) is 7.28. The second kappa shape index (κ2) is 7.91. The van der Waals surface area contributed by atoms with Gasteiger partial charge in [0.1, 0.15) is 0 Å². The molecule has 0 aliphatic carbocycles. The Morgan fingerprint density at radius 3 is 2.77 bits per heavy atom. The summed E-state index contributed by atoms with van der Waals surface area (Å²) in [7, 11) is 1.59. The highest BCUT2D eigenvalue weighted by Crippen LogP contribution is 2.28. The first-order valence-corrected chi connectivity index (χ1v) is 7.28. The number of benzene rings is 1. The molecule has 0 radical (unpaired) electrons. The number of nitrogens with zero attached hydrogens (tertiary/aromatic N) is 1. The van der Waals surface area contributed by atoms with E-state index < -0.39 is 11.9 Å². The predicted octanol–water partition coefficient (Wildman–Crippen LogP) is 1.25. The van der Waals surface area contributed by atoms with Crippen LogP contribution in [-0.2, 0) is 25.6 Å². The molecule has 1 amide bonds. The van der Waals surface area contributed by atoms with E-state index in [0.29, 0.717) is 26.4 Å². The quantitative estimate of drug-likeness (QED) is 0.767. The molecular formula is C16H21NO5. The summed E-state index contributed by atoms with van der Waals surface area (Å²) in [6.45, 7) is 1.93. The second-order valence-corrected chi connectivity index (χ2v) is 5.22. The summed E-state index contributed by atoms with van der Waals surface area (Å²) >= 11 is 0. The SMILES string of the molecule is COCCOCCC(=O)N1Cc2ccccc2C(C(=O)O)C1. The van der Waals surface area contributed by atoms with Gasteiger partial charge >= 0.3 is 5.97 Å². The average Bonchev–Trinajstić information content (AvgIpc) is 2.53. The summed E-state index contributed by atoms with van der Waals surface area (Å²) in [6, 6.07) is 7.39. The lowest BCUT2D eigenvalue weighted by molar-refractivity contribution is -0.141. The molecule has 6 heteroatoms. The zero-order chi connectivity index (χ0) is 15.9. The number of rotatable bonds is 7. The first-order chi connectivity index (χ1) is 10.6. The number of ether oxygens (including phenoxy) is 2. The Balaban J connectivity index is 1.96. The van der Waals surface area contributed by atoms with E-state index in [1.807, 2.05) is 24.3 Å². The van der Waals surface area contributed by atoms with Gasteiger partial charge in [-0.25, -0.2) is 0 Å². The third-order valence-electron chi connectivity index (χ3n) is 3.74. The van der Waals surface area contributed by atoms with Crippen molar-refractivity contribution < 1.29 is 24.2 Å². The molecule has 0 saturated heterocycles. The standard InChI is InChI=1S/C16H21NO5/c1-21-8-9-22-7-6-15(18)17-10-12-4-2-3-5-13(12)14(11-17)16(19)20/h2-5,14H,6-11H2,1H3,(H,19,20). The average molecular weight is 307 g/mol. The van der Waals surface area contributed by atoms with Gasteiger partial charge in [-0.15, -0.1) is 0 Å². The molecule has 1 aromatic rings. The van der Waals surface area contributed by atoms with Gasteiger partial charge in [0.25, 0.3) is 0 Å². The maximum Gasteiger partial charge on any atom is 0.312 e. The van der Waals surface area contributed by atoms with Crippen LogP contribution in [0.3, 0.4) is 0 Å². The lowest BCUT2D eigenvalue weighted by Gasteiger charge is -2.32. The number of hydrogen-bond acceptors (Lipinski definition) is 4. The molecule has 2 rings (SSSR count). The van der Waals surface area contributed by atoms with E-state index in [4.69, 9.17) is 9.47 Å². The number of aliphatic carboxylic acids is 1. The number of carboxylic acid groups (broad SMARTS) is 1. The molecule has 1 heterocycles. The zero-order valence-corrected chi connectivity index (χ0v) is 12.7. The van der Waals surface area contributed by atoms with E-state index in [0.717, 1.165) is 11.1 Å². The molecule has 1 aromatic carbocycles. The van der Waals surface area contributed by atoms with Gasteiger partial charge in [-0.05, 0) is 11.1 Å². The van der Waals surface area contributed by atoms with Crippen molar-refractivity contribution in [2.45, 2.75) is 18.9 Å². The van der Waals surface area contributed by atoms with E-state index in [-0.39, 0.29) is 18.9 Å². The van der Waals surface area contributed by atoms with Crippen molar-refractivity contribution in [1.82, 2.24) is 4.90 Å². The van der Waals surface area contributed by atoms with Gasteiger partial charge in [0, 0.05) is 20.2 Å². The van der Waals surface area contributed by atoms with Crippen molar-refractivity contribution in [2.24, 2.45) is 0 Å². The number of carboxylic acids is 1. The zero-order valence-electron chi connectivity index (χ0n) is 12.7. The van der Waals surface area contributed by atoms with E-state index in [1.54, 1.807) is 12.0 Å². The Kier molecular flexibility index (Phi) is 5.91. The van der Waals surface area contributed by atoms with Crippen molar-refractivity contribution in [3.8, 4) is 0 Å². The smallest absolute Gasteiger partial charge is 0.312 e. The number of amides is 1. The van der Waals surface area contributed by atoms with Gasteiger partial charge in [0.05, 0.1) is 32.2 Å². The normalized spacial score (nSPS) is 17.1. The van der Waals surface area contributed by atoms with Crippen molar-refractivity contribution in [1.29, 1.82) is 0 Å². The van der Waals surface area contributed by atoms with Crippen molar-refractivity contribution in [3.05, 3.63) is 35.4 Å². The molecule has 1 N–H and O–H groups in total. The molecule has 0 aromatic heterocycles. The number of fused-ring (bicyclic) bond motifs is 1. The lowest BCUT2D eigenvalue weighted by Crippen LogP contribution is -2.40. The third-order valence-corrected chi connectivity index (χ3v) is 3.74. The van der Waals surface area contributed by atoms with Gasteiger partial charge < -0.3 is 19.5 Å². The monoisotopic (exact) mass is 307 g/mol. The largest absolute Gasteiger partial charge is 0.481 e. The molecule has 22 heavy (non-hydrogen) atoms. The van der Waals surface area contributed by atoms with E-state index in [2.05, 4.69) is 0 Å². The van der Waals surface area contributed by atoms with Crippen molar-refractivity contribution in [3.63, 3.8) is 0 Å². The molecule has 0 saturated carbocycles. The first kappa shape index (κ1) is 16.5. The van der Waals surface area contributed by atoms with Crippen LogP contribution in [0, 0.1) is 0 Å². The number of carbonyl (C=O) groups is 2. The summed E-state index contributed by atoms with van der Waals surface area (Å²) in [4.78, 5) is 25.3. The molecule has 1 atom stereocenters. The van der Waals surface area contributed by atoms with Gasteiger partial charge in [0.2, 0.25) is 5.91 Å². The highest BCUT2D eigenvalue weighted by Gasteiger charge is 2.31. The minimum absolute atomic E-state index is 0.0850. The summed E-state index contributed by atoms with van der Waals surface area (Å²) in [6.07, 6.45) is 0.248. The van der Waals surface area contributed by atoms with Crippen LogP contribution in [0.2, 0.25) is 0 Å². The van der Waals surface area contributed by atoms with Crippen LogP contribution in [-0.4, -0.2) is 55.4 Å². The van der Waals surface area contributed by atoms with Crippen LogP contribution < -0.4 is 0 Å². The van der Waals surface area contributed by atoms with Crippen LogP contribution >= 0.6 is 0 Å². The Hall–Kier alpha value is -1.92. The van der Waals surface area contributed by atoms with E-state index >= 15 is 0 Å². The van der Waals surface area contributed by atoms with E-state index in [9.17, 15) is 14.7 Å². The Morgan fingerprint density at radius 1 is 1.27 bits per heavy atom. The number of carbonyl (C=O) groups excluding carboxylic acids is 1. The number of hydrogen-bond donors (Lipinski definition) is 1.